The van der Waals surface area contributed by atoms with E-state index in [1.165, 1.54) is 6.26 Å². The fourth-order valence-electron chi connectivity index (χ4n) is 2.99. The van der Waals surface area contributed by atoms with Gasteiger partial charge in [0.15, 0.2) is 0 Å². The van der Waals surface area contributed by atoms with Crippen molar-refractivity contribution in [3.63, 3.8) is 0 Å². The molecule has 2 aromatic rings. The lowest BCUT2D eigenvalue weighted by atomic mass is 9.91. The molecule has 1 aliphatic heterocycles. The zero-order chi connectivity index (χ0) is 17.1. The first kappa shape index (κ1) is 16.0. The molecule has 0 bridgehead atoms. The van der Waals surface area contributed by atoms with E-state index in [0.29, 0.717) is 24.5 Å². The summed E-state index contributed by atoms with van der Waals surface area (Å²) in [5.41, 5.74) is 1.37. The molecule has 2 atom stereocenters. The first-order valence-corrected chi connectivity index (χ1v) is 7.81. The molecule has 2 N–H and O–H groups in total. The van der Waals surface area contributed by atoms with Crippen LogP contribution in [0.5, 0.6) is 0 Å². The van der Waals surface area contributed by atoms with E-state index in [0.717, 1.165) is 5.56 Å². The van der Waals surface area contributed by atoms with Crippen molar-refractivity contribution in [2.75, 3.05) is 18.4 Å². The number of carboxylic acid groups (broad SMARTS) is 1. The van der Waals surface area contributed by atoms with Crippen LogP contribution in [0.15, 0.2) is 41.1 Å². The lowest BCUT2D eigenvalue weighted by Crippen LogP contribution is -2.47. The average molecular weight is 329 g/mol. The van der Waals surface area contributed by atoms with E-state index in [-0.39, 0.29) is 18.5 Å². The fraction of sp³-hybridized carbons (Fsp3) is 0.353. The van der Waals surface area contributed by atoms with E-state index >= 15 is 0 Å². The Kier molecular flexibility index (Phi) is 4.50. The summed E-state index contributed by atoms with van der Waals surface area (Å²) in [6.45, 7) is 2.73. The standard InChI is InChI=1S/C17H19N3O4/c1-11-7-13(16(21)22)10-20(9-11)17(23)19-14-4-2-3-12(8-14)15-18-5-6-24-15/h2-6,8,11,13H,7,9-10H2,1H3,(H,19,23)(H,21,22). The quantitative estimate of drug-likeness (QED) is 0.902. The van der Waals surface area contributed by atoms with Crippen molar-refractivity contribution in [2.45, 2.75) is 13.3 Å². The van der Waals surface area contributed by atoms with Gasteiger partial charge in [-0.3, -0.25) is 4.79 Å². The molecule has 2 heterocycles. The summed E-state index contributed by atoms with van der Waals surface area (Å²) in [6, 6.07) is 6.88. The van der Waals surface area contributed by atoms with Crippen LogP contribution < -0.4 is 5.32 Å². The summed E-state index contributed by atoms with van der Waals surface area (Å²) < 4.78 is 5.25. The van der Waals surface area contributed by atoms with Gasteiger partial charge in [-0.15, -0.1) is 0 Å². The molecule has 3 rings (SSSR count). The predicted octanol–water partition coefficient (Wildman–Crippen LogP) is 2.92. The van der Waals surface area contributed by atoms with Gasteiger partial charge in [-0.1, -0.05) is 13.0 Å². The van der Waals surface area contributed by atoms with Crippen LogP contribution >= 0.6 is 0 Å². The molecule has 0 radical (unpaired) electrons. The van der Waals surface area contributed by atoms with Crippen molar-refractivity contribution >= 4 is 17.7 Å². The Morgan fingerprint density at radius 3 is 2.92 bits per heavy atom. The minimum atomic E-state index is -0.856. The van der Waals surface area contributed by atoms with Gasteiger partial charge in [0.25, 0.3) is 0 Å². The SMILES string of the molecule is CC1CC(C(=O)O)CN(C(=O)Nc2cccc(-c3ncco3)c2)C1. The number of benzene rings is 1. The number of aromatic nitrogens is 1. The highest BCUT2D eigenvalue weighted by molar-refractivity contribution is 5.90. The number of hydrogen-bond donors (Lipinski definition) is 2. The Morgan fingerprint density at radius 1 is 1.38 bits per heavy atom. The number of rotatable bonds is 3. The molecular formula is C17H19N3O4. The van der Waals surface area contributed by atoms with E-state index in [1.54, 1.807) is 29.3 Å². The van der Waals surface area contributed by atoms with Gasteiger partial charge in [0.1, 0.15) is 6.26 Å². The van der Waals surface area contributed by atoms with Gasteiger partial charge >= 0.3 is 12.0 Å². The minimum Gasteiger partial charge on any atom is -0.481 e. The summed E-state index contributed by atoms with van der Waals surface area (Å²) in [4.78, 5) is 29.3. The molecule has 1 aromatic heterocycles. The van der Waals surface area contributed by atoms with E-state index in [9.17, 15) is 14.7 Å². The first-order valence-electron chi connectivity index (χ1n) is 7.81. The zero-order valence-corrected chi connectivity index (χ0v) is 13.3. The normalized spacial score (nSPS) is 20.6. The van der Waals surface area contributed by atoms with Gasteiger partial charge in [-0.05, 0) is 30.5 Å². The number of piperidine rings is 1. The summed E-state index contributed by atoms with van der Waals surface area (Å²) >= 11 is 0. The monoisotopic (exact) mass is 329 g/mol. The Balaban J connectivity index is 1.70. The molecule has 7 nitrogen and oxygen atoms in total. The molecule has 1 aromatic carbocycles. The maximum atomic E-state index is 12.5. The van der Waals surface area contributed by atoms with E-state index in [2.05, 4.69) is 10.3 Å². The molecule has 2 amide bonds. The molecule has 0 aliphatic carbocycles. The number of aliphatic carboxylic acids is 1. The summed E-state index contributed by atoms with van der Waals surface area (Å²) in [7, 11) is 0. The summed E-state index contributed by atoms with van der Waals surface area (Å²) in [6.07, 6.45) is 3.64. The van der Waals surface area contributed by atoms with Crippen LogP contribution in [0.1, 0.15) is 13.3 Å². The van der Waals surface area contributed by atoms with Crippen molar-refractivity contribution in [3.05, 3.63) is 36.7 Å². The van der Waals surface area contributed by atoms with Crippen molar-refractivity contribution in [1.29, 1.82) is 0 Å². The number of carbonyl (C=O) groups is 2. The Labute approximate surface area is 139 Å². The molecule has 0 saturated carbocycles. The fourth-order valence-corrected chi connectivity index (χ4v) is 2.99. The number of nitrogens with one attached hydrogen (secondary N) is 1. The number of carboxylic acids is 1. The van der Waals surface area contributed by atoms with Crippen molar-refractivity contribution in [1.82, 2.24) is 9.88 Å². The third-order valence-corrected chi connectivity index (χ3v) is 4.09. The molecule has 24 heavy (non-hydrogen) atoms. The van der Waals surface area contributed by atoms with Crippen LogP contribution in [0.25, 0.3) is 11.5 Å². The van der Waals surface area contributed by atoms with E-state index < -0.39 is 11.9 Å². The second-order valence-corrected chi connectivity index (χ2v) is 6.13. The predicted molar refractivity (Wildman–Crippen MR) is 87.4 cm³/mol. The molecule has 0 spiro atoms. The van der Waals surface area contributed by atoms with Gasteiger partial charge in [-0.2, -0.15) is 0 Å². The second kappa shape index (κ2) is 6.74. The van der Waals surface area contributed by atoms with Gasteiger partial charge in [0.2, 0.25) is 5.89 Å². The van der Waals surface area contributed by atoms with E-state index in [1.807, 2.05) is 13.0 Å². The maximum Gasteiger partial charge on any atom is 0.321 e. The number of hydrogen-bond acceptors (Lipinski definition) is 4. The van der Waals surface area contributed by atoms with Crippen LogP contribution in [0.3, 0.4) is 0 Å². The van der Waals surface area contributed by atoms with Gasteiger partial charge in [-0.25, -0.2) is 9.78 Å². The van der Waals surface area contributed by atoms with Crippen LogP contribution in [0, 0.1) is 11.8 Å². The minimum absolute atomic E-state index is 0.157. The molecule has 7 heteroatoms. The number of oxazole rings is 1. The highest BCUT2D eigenvalue weighted by Crippen LogP contribution is 2.24. The highest BCUT2D eigenvalue weighted by atomic mass is 16.4. The number of anilines is 1. The molecule has 1 fully saturated rings. The average Bonchev–Trinajstić information content (AvgIpc) is 3.09. The van der Waals surface area contributed by atoms with Crippen molar-refractivity contribution in [2.24, 2.45) is 11.8 Å². The van der Waals surface area contributed by atoms with Crippen LogP contribution in [0.2, 0.25) is 0 Å². The van der Waals surface area contributed by atoms with Gasteiger partial charge in [0, 0.05) is 24.3 Å². The lowest BCUT2D eigenvalue weighted by molar-refractivity contribution is -0.143. The largest absolute Gasteiger partial charge is 0.481 e. The molecule has 126 valence electrons. The Bertz CT molecular complexity index is 729. The highest BCUT2D eigenvalue weighted by Gasteiger charge is 2.31. The smallest absolute Gasteiger partial charge is 0.321 e. The van der Waals surface area contributed by atoms with Crippen molar-refractivity contribution in [3.8, 4) is 11.5 Å². The topological polar surface area (TPSA) is 95.7 Å². The maximum absolute atomic E-state index is 12.5. The number of urea groups is 1. The summed E-state index contributed by atoms with van der Waals surface area (Å²) in [5.74, 6) is -0.740. The molecule has 2 unspecified atom stereocenters. The van der Waals surface area contributed by atoms with Gasteiger partial charge in [0.05, 0.1) is 12.1 Å². The molecule has 1 saturated heterocycles. The van der Waals surface area contributed by atoms with Crippen molar-refractivity contribution < 1.29 is 19.1 Å². The van der Waals surface area contributed by atoms with Crippen LogP contribution in [-0.4, -0.2) is 40.1 Å². The Morgan fingerprint density at radius 2 is 2.21 bits per heavy atom. The van der Waals surface area contributed by atoms with Crippen LogP contribution in [-0.2, 0) is 4.79 Å². The molecular weight excluding hydrogens is 310 g/mol. The Hall–Kier alpha value is -2.83. The van der Waals surface area contributed by atoms with Crippen LogP contribution in [0.4, 0.5) is 10.5 Å². The number of amides is 2. The lowest BCUT2D eigenvalue weighted by Gasteiger charge is -2.34. The molecule has 1 aliphatic rings. The van der Waals surface area contributed by atoms with Gasteiger partial charge < -0.3 is 19.7 Å². The van der Waals surface area contributed by atoms with E-state index in [4.69, 9.17) is 4.42 Å². The first-order chi connectivity index (χ1) is 11.5. The number of nitrogens with zero attached hydrogens (tertiary/aromatic N) is 2. The number of likely N-dealkylation sites (tertiary alicyclic amines) is 1. The number of carbonyl (C=O) groups excluding carboxylic acids is 1. The zero-order valence-electron chi connectivity index (χ0n) is 13.3. The summed E-state index contributed by atoms with van der Waals surface area (Å²) in [5, 5.41) is 12.0. The second-order valence-electron chi connectivity index (χ2n) is 6.13. The third kappa shape index (κ3) is 3.56. The third-order valence-electron chi connectivity index (χ3n) is 4.09.